The van der Waals surface area contributed by atoms with Crippen LogP contribution in [0.15, 0.2) is 60.7 Å². The van der Waals surface area contributed by atoms with E-state index >= 15 is 0 Å². The summed E-state index contributed by atoms with van der Waals surface area (Å²) in [6, 6.07) is 20.3. The molecule has 2 aromatic carbocycles. The lowest BCUT2D eigenvalue weighted by molar-refractivity contribution is 0.208. The van der Waals surface area contributed by atoms with E-state index in [0.29, 0.717) is 0 Å². The lowest BCUT2D eigenvalue weighted by Gasteiger charge is -2.29. The highest BCUT2D eigenvalue weighted by molar-refractivity contribution is 8.50. The van der Waals surface area contributed by atoms with Crippen LogP contribution in [-0.4, -0.2) is 0 Å². The van der Waals surface area contributed by atoms with Gasteiger partial charge in [0.25, 0.3) is 0 Å². The van der Waals surface area contributed by atoms with Gasteiger partial charge in [-0.3, -0.25) is 4.57 Å². The molecule has 19 heavy (non-hydrogen) atoms. The first-order valence-corrected chi connectivity index (χ1v) is 9.22. The molecule has 1 fully saturated rings. The Morgan fingerprint density at radius 3 is 2.16 bits per heavy atom. The molecule has 1 saturated heterocycles. The van der Waals surface area contributed by atoms with E-state index < -0.39 is 7.23 Å². The molecule has 4 heteroatoms. The molecule has 0 amide bonds. The molecule has 2 aromatic rings. The minimum Gasteiger partial charge on any atom is -0.315 e. The van der Waals surface area contributed by atoms with E-state index in [4.69, 9.17) is 4.52 Å². The summed E-state index contributed by atoms with van der Waals surface area (Å²) >= 11 is 1.46. The third-order valence-corrected chi connectivity index (χ3v) is 6.39. The van der Waals surface area contributed by atoms with Crippen LogP contribution in [0, 0.1) is 0 Å². The van der Waals surface area contributed by atoms with Crippen molar-refractivity contribution in [1.29, 1.82) is 0 Å². The number of hydrogen-bond acceptors (Lipinski definition) is 3. The van der Waals surface area contributed by atoms with Crippen LogP contribution < -0.4 is 0 Å². The Bertz CT molecular complexity index is 509. The zero-order valence-electron chi connectivity index (χ0n) is 10.4. The minimum atomic E-state index is -2.02. The van der Waals surface area contributed by atoms with Gasteiger partial charge in [-0.2, -0.15) is 0 Å². The molecule has 98 valence electrons. The van der Waals surface area contributed by atoms with Gasteiger partial charge in [0.1, 0.15) is 0 Å². The van der Waals surface area contributed by atoms with Gasteiger partial charge in [0.2, 0.25) is 7.23 Å². The Labute approximate surface area is 117 Å². The fraction of sp³-hybridized carbons (Fsp3) is 0.200. The van der Waals surface area contributed by atoms with Crippen molar-refractivity contribution in [3.63, 3.8) is 0 Å². The van der Waals surface area contributed by atoms with Crippen LogP contribution in [0.5, 0.6) is 0 Å². The van der Waals surface area contributed by atoms with Crippen LogP contribution in [0.25, 0.3) is 0 Å². The summed E-state index contributed by atoms with van der Waals surface area (Å²) in [4.78, 5) is 0. The quantitative estimate of drug-likeness (QED) is 0.727. The summed E-state index contributed by atoms with van der Waals surface area (Å²) in [6.07, 6.45) is 0.814. The molecule has 0 aromatic heterocycles. The number of hydrogen-bond donors (Lipinski definition) is 0. The maximum Gasteiger partial charge on any atom is 0.247 e. The predicted octanol–water partition coefficient (Wildman–Crippen LogP) is 5.01. The van der Waals surface area contributed by atoms with Gasteiger partial charge in [-0.15, -0.1) is 0 Å². The summed E-state index contributed by atoms with van der Waals surface area (Å²) in [5.74, 6) is 0. The summed E-state index contributed by atoms with van der Waals surface area (Å²) in [5.41, 5.74) is 2.34. The van der Waals surface area contributed by atoms with E-state index in [9.17, 15) is 4.57 Å². The van der Waals surface area contributed by atoms with Crippen molar-refractivity contribution >= 4 is 18.6 Å². The second-order valence-electron chi connectivity index (χ2n) is 4.52. The van der Waals surface area contributed by atoms with E-state index in [1.54, 1.807) is 0 Å². The number of rotatable bonds is 2. The van der Waals surface area contributed by atoms with E-state index in [1.165, 1.54) is 16.9 Å². The summed E-state index contributed by atoms with van der Waals surface area (Å²) in [7, 11) is -2.02. The van der Waals surface area contributed by atoms with Crippen molar-refractivity contribution in [3.8, 4) is 0 Å². The van der Waals surface area contributed by atoms with E-state index in [1.807, 2.05) is 48.5 Å². The lowest BCUT2D eigenvalue weighted by Crippen LogP contribution is -2.08. The standard InChI is InChI=1S/C15H15O2PS/c16-18-17-14(12-7-3-1-4-8-12)11-15(19-18)13-9-5-2-6-10-13/h1-10,14-15,18H,11H2/t14-,15+/m0/s1. The highest BCUT2D eigenvalue weighted by Gasteiger charge is 2.29. The van der Waals surface area contributed by atoms with E-state index in [0.717, 1.165) is 12.0 Å². The molecule has 0 spiro atoms. The fourth-order valence-electron chi connectivity index (χ4n) is 2.29. The molecule has 1 aliphatic rings. The zero-order valence-corrected chi connectivity index (χ0v) is 12.2. The maximum absolute atomic E-state index is 12.0. The van der Waals surface area contributed by atoms with Crippen molar-refractivity contribution < 1.29 is 9.09 Å². The van der Waals surface area contributed by atoms with Crippen molar-refractivity contribution in [2.24, 2.45) is 0 Å². The zero-order chi connectivity index (χ0) is 13.1. The Balaban J connectivity index is 1.84. The third-order valence-electron chi connectivity index (χ3n) is 3.25. The molecule has 0 N–H and O–H groups in total. The first kappa shape index (κ1) is 13.0. The summed E-state index contributed by atoms with van der Waals surface area (Å²) < 4.78 is 17.6. The van der Waals surface area contributed by atoms with Gasteiger partial charge in [-0.1, -0.05) is 72.0 Å². The molecule has 1 aliphatic heterocycles. The molecule has 2 nitrogen and oxygen atoms in total. The van der Waals surface area contributed by atoms with E-state index in [-0.39, 0.29) is 11.4 Å². The average Bonchev–Trinajstić information content (AvgIpc) is 2.48. The average molecular weight is 290 g/mol. The third kappa shape index (κ3) is 3.11. The monoisotopic (exact) mass is 290 g/mol. The van der Waals surface area contributed by atoms with Crippen molar-refractivity contribution in [2.75, 3.05) is 0 Å². The molecule has 0 aliphatic carbocycles. The molecule has 0 radical (unpaired) electrons. The Kier molecular flexibility index (Phi) is 4.07. The molecule has 1 heterocycles. The van der Waals surface area contributed by atoms with Crippen LogP contribution >= 0.6 is 18.6 Å². The van der Waals surface area contributed by atoms with Crippen molar-refractivity contribution in [2.45, 2.75) is 17.8 Å². The van der Waals surface area contributed by atoms with Crippen LogP contribution in [0.1, 0.15) is 28.9 Å². The van der Waals surface area contributed by atoms with Crippen LogP contribution in [0.4, 0.5) is 0 Å². The molecular weight excluding hydrogens is 275 g/mol. The predicted molar refractivity (Wildman–Crippen MR) is 80.7 cm³/mol. The van der Waals surface area contributed by atoms with Gasteiger partial charge < -0.3 is 4.52 Å². The van der Waals surface area contributed by atoms with Gasteiger partial charge in [0.05, 0.1) is 6.10 Å². The van der Waals surface area contributed by atoms with Gasteiger partial charge in [-0.25, -0.2) is 0 Å². The topological polar surface area (TPSA) is 26.3 Å². The summed E-state index contributed by atoms with van der Waals surface area (Å²) in [6.45, 7) is 0. The molecular formula is C15H15O2PS. The first-order valence-electron chi connectivity index (χ1n) is 6.30. The minimum absolute atomic E-state index is 0.0564. The molecule has 3 atom stereocenters. The lowest BCUT2D eigenvalue weighted by atomic mass is 10.0. The summed E-state index contributed by atoms with van der Waals surface area (Å²) in [5, 5.41) is 0.256. The molecule has 1 unspecified atom stereocenters. The Morgan fingerprint density at radius 2 is 1.53 bits per heavy atom. The molecule has 0 bridgehead atoms. The SMILES string of the molecule is O=[PH]1O[C@H](c2ccccc2)C[C@H](c2ccccc2)S1. The number of benzene rings is 2. The second-order valence-corrected chi connectivity index (χ2v) is 7.77. The largest absolute Gasteiger partial charge is 0.315 e. The highest BCUT2D eigenvalue weighted by atomic mass is 32.7. The van der Waals surface area contributed by atoms with Crippen LogP contribution in [0.2, 0.25) is 0 Å². The smallest absolute Gasteiger partial charge is 0.247 e. The van der Waals surface area contributed by atoms with Gasteiger partial charge in [-0.05, 0) is 17.5 Å². The van der Waals surface area contributed by atoms with Crippen molar-refractivity contribution in [1.82, 2.24) is 0 Å². The van der Waals surface area contributed by atoms with Gasteiger partial charge >= 0.3 is 0 Å². The van der Waals surface area contributed by atoms with Gasteiger partial charge in [0, 0.05) is 5.25 Å². The molecule has 0 saturated carbocycles. The Morgan fingerprint density at radius 1 is 0.947 bits per heavy atom. The highest BCUT2D eigenvalue weighted by Crippen LogP contribution is 2.59. The normalized spacial score (nSPS) is 27.1. The van der Waals surface area contributed by atoms with Crippen LogP contribution in [0.3, 0.4) is 0 Å². The van der Waals surface area contributed by atoms with E-state index in [2.05, 4.69) is 12.1 Å². The first-order chi connectivity index (χ1) is 9.33. The maximum atomic E-state index is 12.0. The fourth-order valence-corrected chi connectivity index (χ4v) is 5.52. The molecule has 3 rings (SSSR count). The van der Waals surface area contributed by atoms with Crippen LogP contribution in [-0.2, 0) is 9.09 Å². The van der Waals surface area contributed by atoms with Gasteiger partial charge in [0.15, 0.2) is 0 Å². The van der Waals surface area contributed by atoms with Crippen molar-refractivity contribution in [3.05, 3.63) is 71.8 Å². The second kappa shape index (κ2) is 5.96. The Hall–Kier alpha value is -1.02.